The molecule has 0 saturated heterocycles. The van der Waals surface area contributed by atoms with Crippen molar-refractivity contribution in [2.45, 2.75) is 11.4 Å². The number of sulfonamides is 1. The Kier molecular flexibility index (Phi) is 5.96. The van der Waals surface area contributed by atoms with Crippen LogP contribution in [0.25, 0.3) is 0 Å². The predicted molar refractivity (Wildman–Crippen MR) is 90.1 cm³/mol. The molecule has 2 aromatic carbocycles. The molecule has 0 aromatic heterocycles. The number of nitrogens with one attached hydrogen (secondary N) is 2. The van der Waals surface area contributed by atoms with Crippen LogP contribution in [-0.4, -0.2) is 27.0 Å². The second-order valence-electron chi connectivity index (χ2n) is 4.99. The lowest BCUT2D eigenvalue weighted by molar-refractivity contribution is -0.123. The smallest absolute Gasteiger partial charge is 0.326 e. The molecule has 2 aromatic rings. The van der Waals surface area contributed by atoms with E-state index in [1.54, 1.807) is 29.0 Å². The number of carbonyl (C=O) groups is 2. The van der Waals surface area contributed by atoms with Crippen molar-refractivity contribution < 1.29 is 22.7 Å². The van der Waals surface area contributed by atoms with E-state index in [-0.39, 0.29) is 24.0 Å². The van der Waals surface area contributed by atoms with Gasteiger partial charge in [-0.05, 0) is 29.8 Å². The first-order valence-corrected chi connectivity index (χ1v) is 8.71. The molecule has 0 aliphatic carbocycles. The van der Waals surface area contributed by atoms with Crippen molar-refractivity contribution in [3.05, 3.63) is 60.2 Å². The van der Waals surface area contributed by atoms with E-state index < -0.39 is 16.1 Å². The number of hydrogen-bond donors (Lipinski definition) is 3. The summed E-state index contributed by atoms with van der Waals surface area (Å²) >= 11 is 0. The zero-order valence-electron chi connectivity index (χ0n) is 13.1. The van der Waals surface area contributed by atoms with Crippen molar-refractivity contribution in [1.29, 1.82) is 0 Å². The van der Waals surface area contributed by atoms with E-state index in [1.165, 1.54) is 24.3 Å². The number of rotatable bonds is 7. The largest absolute Gasteiger partial charge is 0.484 e. The quantitative estimate of drug-likeness (QED) is 0.668. The van der Waals surface area contributed by atoms with Gasteiger partial charge in [0.15, 0.2) is 6.61 Å². The lowest BCUT2D eigenvalue weighted by Gasteiger charge is -2.08. The van der Waals surface area contributed by atoms with E-state index in [1.807, 2.05) is 6.07 Å². The molecule has 132 valence electrons. The molecule has 0 spiro atoms. The number of carbonyl (C=O) groups excluding carboxylic acids is 2. The molecule has 8 nitrogen and oxygen atoms in total. The highest BCUT2D eigenvalue weighted by molar-refractivity contribution is 7.90. The molecule has 0 bridgehead atoms. The molecule has 0 saturated carbocycles. The molecule has 0 aliphatic heterocycles. The van der Waals surface area contributed by atoms with Gasteiger partial charge in [-0.1, -0.05) is 30.3 Å². The highest BCUT2D eigenvalue weighted by atomic mass is 32.2. The van der Waals surface area contributed by atoms with Crippen molar-refractivity contribution in [1.82, 2.24) is 10.0 Å². The van der Waals surface area contributed by atoms with E-state index in [0.717, 1.165) is 0 Å². The fourth-order valence-corrected chi connectivity index (χ4v) is 2.77. The van der Waals surface area contributed by atoms with Crippen LogP contribution >= 0.6 is 0 Å². The first kappa shape index (κ1) is 18.3. The molecule has 0 radical (unpaired) electrons. The van der Waals surface area contributed by atoms with Gasteiger partial charge in [-0.15, -0.1) is 0 Å². The second kappa shape index (κ2) is 8.15. The van der Waals surface area contributed by atoms with Gasteiger partial charge in [0.05, 0.1) is 4.90 Å². The van der Waals surface area contributed by atoms with Crippen LogP contribution in [0.5, 0.6) is 5.75 Å². The summed E-state index contributed by atoms with van der Waals surface area (Å²) in [6.45, 7) is 0.0829. The maximum Gasteiger partial charge on any atom is 0.326 e. The van der Waals surface area contributed by atoms with Crippen molar-refractivity contribution in [2.24, 2.45) is 5.73 Å². The zero-order valence-corrected chi connectivity index (χ0v) is 14.0. The van der Waals surface area contributed by atoms with Crippen LogP contribution < -0.4 is 20.5 Å². The van der Waals surface area contributed by atoms with Crippen molar-refractivity contribution in [3.63, 3.8) is 0 Å². The van der Waals surface area contributed by atoms with Crippen molar-refractivity contribution in [2.75, 3.05) is 6.61 Å². The number of amides is 3. The summed E-state index contributed by atoms with van der Waals surface area (Å²) in [5.74, 6) is 0.283. The van der Waals surface area contributed by atoms with E-state index in [9.17, 15) is 18.0 Å². The van der Waals surface area contributed by atoms with Gasteiger partial charge in [-0.3, -0.25) is 4.79 Å². The van der Waals surface area contributed by atoms with Crippen LogP contribution in [0.1, 0.15) is 5.56 Å². The van der Waals surface area contributed by atoms with Crippen LogP contribution in [-0.2, 0) is 21.4 Å². The molecule has 0 atom stereocenters. The minimum absolute atomic E-state index is 0.103. The lowest BCUT2D eigenvalue weighted by atomic mass is 10.2. The molecule has 2 rings (SSSR count). The first-order valence-electron chi connectivity index (χ1n) is 7.22. The molecule has 0 aliphatic rings. The van der Waals surface area contributed by atoms with Crippen LogP contribution in [0.3, 0.4) is 0 Å². The average Bonchev–Trinajstić information content (AvgIpc) is 2.58. The number of hydrogen-bond acceptors (Lipinski definition) is 5. The van der Waals surface area contributed by atoms with Crippen molar-refractivity contribution >= 4 is 22.0 Å². The summed E-state index contributed by atoms with van der Waals surface area (Å²) < 4.78 is 30.5. The number of nitrogens with two attached hydrogens (primary N) is 1. The van der Waals surface area contributed by atoms with Gasteiger partial charge in [-0.25, -0.2) is 17.9 Å². The number of ether oxygens (including phenoxy) is 1. The Labute approximate surface area is 145 Å². The van der Waals surface area contributed by atoms with Gasteiger partial charge in [0, 0.05) is 6.54 Å². The van der Waals surface area contributed by atoms with Crippen molar-refractivity contribution in [3.8, 4) is 5.75 Å². The topological polar surface area (TPSA) is 128 Å². The Hall–Kier alpha value is -3.07. The standard InChI is InChI=1S/C16H17N3O5S/c17-16(21)19-25(22,23)14-8-6-12(7-9-14)10-18-15(20)11-24-13-4-2-1-3-5-13/h1-9H,10-11H2,(H,18,20)(H3,17,19,21). The average molecular weight is 363 g/mol. The molecule has 3 amide bonds. The number of urea groups is 1. The van der Waals surface area contributed by atoms with Gasteiger partial charge >= 0.3 is 6.03 Å². The highest BCUT2D eigenvalue weighted by Crippen LogP contribution is 2.10. The Morgan fingerprint density at radius 3 is 2.24 bits per heavy atom. The fourth-order valence-electron chi connectivity index (χ4n) is 1.90. The zero-order chi connectivity index (χ0) is 18.3. The third-order valence-electron chi connectivity index (χ3n) is 3.07. The number of para-hydroxylation sites is 1. The second-order valence-corrected chi connectivity index (χ2v) is 6.67. The van der Waals surface area contributed by atoms with E-state index >= 15 is 0 Å². The summed E-state index contributed by atoms with van der Waals surface area (Å²) in [7, 11) is -3.98. The van der Waals surface area contributed by atoms with Gasteiger partial charge < -0.3 is 15.8 Å². The monoisotopic (exact) mass is 363 g/mol. The molecule has 9 heteroatoms. The SMILES string of the molecule is NC(=O)NS(=O)(=O)c1ccc(CNC(=O)COc2ccccc2)cc1. The highest BCUT2D eigenvalue weighted by Gasteiger charge is 2.15. The van der Waals surface area contributed by atoms with E-state index in [4.69, 9.17) is 10.5 Å². The number of primary amides is 1. The van der Waals surface area contributed by atoms with E-state index in [0.29, 0.717) is 11.3 Å². The lowest BCUT2D eigenvalue weighted by Crippen LogP contribution is -2.34. The minimum Gasteiger partial charge on any atom is -0.484 e. The van der Waals surface area contributed by atoms with Crippen LogP contribution in [0.4, 0.5) is 4.79 Å². The van der Waals surface area contributed by atoms with Gasteiger partial charge in [-0.2, -0.15) is 0 Å². The molecule has 4 N–H and O–H groups in total. The number of benzene rings is 2. The Balaban J connectivity index is 1.85. The van der Waals surface area contributed by atoms with Gasteiger partial charge in [0.1, 0.15) is 5.75 Å². The summed E-state index contributed by atoms with van der Waals surface area (Å²) in [5.41, 5.74) is 5.49. The van der Waals surface area contributed by atoms with Crippen LogP contribution in [0, 0.1) is 0 Å². The molecular formula is C16H17N3O5S. The first-order chi connectivity index (χ1) is 11.9. The Bertz CT molecular complexity index is 836. The minimum atomic E-state index is -3.98. The fraction of sp³-hybridized carbons (Fsp3) is 0.125. The van der Waals surface area contributed by atoms with Crippen LogP contribution in [0.15, 0.2) is 59.5 Å². The summed E-state index contributed by atoms with van der Waals surface area (Å²) in [6, 6.07) is 13.4. The maximum absolute atomic E-state index is 11.7. The summed E-state index contributed by atoms with van der Waals surface area (Å²) in [5, 5.41) is 2.66. The maximum atomic E-state index is 11.7. The third-order valence-corrected chi connectivity index (χ3v) is 4.43. The molecule has 25 heavy (non-hydrogen) atoms. The van der Waals surface area contributed by atoms with Gasteiger partial charge in [0.2, 0.25) is 0 Å². The molecule has 0 unspecified atom stereocenters. The normalized spacial score (nSPS) is 10.7. The summed E-state index contributed by atoms with van der Waals surface area (Å²) in [4.78, 5) is 22.3. The van der Waals surface area contributed by atoms with Gasteiger partial charge in [0.25, 0.3) is 15.9 Å². The molecule has 0 fully saturated rings. The summed E-state index contributed by atoms with van der Waals surface area (Å²) in [6.07, 6.45) is 0. The Morgan fingerprint density at radius 1 is 1.00 bits per heavy atom. The molecule has 0 heterocycles. The molecular weight excluding hydrogens is 346 g/mol. The van der Waals surface area contributed by atoms with E-state index in [2.05, 4.69) is 5.32 Å². The van der Waals surface area contributed by atoms with Crippen LogP contribution in [0.2, 0.25) is 0 Å². The third kappa shape index (κ3) is 5.81. The Morgan fingerprint density at radius 2 is 1.64 bits per heavy atom. The predicted octanol–water partition coefficient (Wildman–Crippen LogP) is 0.739.